The number of rotatable bonds is 3. The van der Waals surface area contributed by atoms with Crippen LogP contribution in [0.25, 0.3) is 0 Å². The van der Waals surface area contributed by atoms with Crippen LogP contribution >= 0.6 is 12.6 Å². The Balaban J connectivity index is 2.16. The molecule has 1 atom stereocenters. The molecule has 2 rings (SSSR count). The van der Waals surface area contributed by atoms with Gasteiger partial charge in [0.2, 0.25) is 5.91 Å². The van der Waals surface area contributed by atoms with E-state index in [4.69, 9.17) is 4.74 Å². The Bertz CT molecular complexity index is 439. The molecule has 0 aromatic heterocycles. The highest BCUT2D eigenvalue weighted by Crippen LogP contribution is 2.24. The number of likely N-dealkylation sites (tertiary alicyclic amines) is 1. The minimum Gasteiger partial charge on any atom is -0.494 e. The van der Waals surface area contributed by atoms with E-state index in [0.29, 0.717) is 18.5 Å². The summed E-state index contributed by atoms with van der Waals surface area (Å²) in [5.74, 6) is -0.172. The lowest BCUT2D eigenvalue weighted by Crippen LogP contribution is -2.25. The number of carbonyl (C=O) groups is 1. The first-order valence-corrected chi connectivity index (χ1v) is 5.90. The summed E-state index contributed by atoms with van der Waals surface area (Å²) in [5, 5.41) is 0.0520. The summed E-state index contributed by atoms with van der Waals surface area (Å²) in [6.07, 6.45) is 0.425. The third-order valence-electron chi connectivity index (χ3n) is 2.82. The summed E-state index contributed by atoms with van der Waals surface area (Å²) in [6, 6.07) is 4.94. The minimum atomic E-state index is -0.398. The van der Waals surface area contributed by atoms with Crippen molar-refractivity contribution in [3.8, 4) is 5.75 Å². The Morgan fingerprint density at radius 3 is 2.94 bits per heavy atom. The second kappa shape index (κ2) is 4.96. The van der Waals surface area contributed by atoms with Crippen LogP contribution in [-0.4, -0.2) is 29.7 Å². The first-order valence-electron chi connectivity index (χ1n) is 5.39. The zero-order valence-corrected chi connectivity index (χ0v) is 10.4. The molecule has 1 fully saturated rings. The van der Waals surface area contributed by atoms with Crippen molar-refractivity contribution in [2.75, 3.05) is 13.7 Å². The maximum Gasteiger partial charge on any atom is 0.224 e. The van der Waals surface area contributed by atoms with Gasteiger partial charge in [-0.15, -0.1) is 0 Å². The van der Waals surface area contributed by atoms with Gasteiger partial charge in [0.05, 0.1) is 7.11 Å². The monoisotopic (exact) mass is 255 g/mol. The molecule has 3 nitrogen and oxygen atoms in total. The van der Waals surface area contributed by atoms with Crippen LogP contribution in [0.1, 0.15) is 12.0 Å². The number of carbonyl (C=O) groups excluding carboxylic acids is 1. The summed E-state index contributed by atoms with van der Waals surface area (Å²) >= 11 is 4.26. The zero-order valence-electron chi connectivity index (χ0n) is 9.52. The molecular weight excluding hydrogens is 241 g/mol. The van der Waals surface area contributed by atoms with Gasteiger partial charge in [-0.1, -0.05) is 12.1 Å². The number of amides is 1. The van der Waals surface area contributed by atoms with E-state index in [2.05, 4.69) is 12.6 Å². The molecule has 1 unspecified atom stereocenters. The molecule has 1 aliphatic heterocycles. The van der Waals surface area contributed by atoms with Crippen molar-refractivity contribution in [3.63, 3.8) is 0 Å². The van der Waals surface area contributed by atoms with Crippen molar-refractivity contribution in [2.24, 2.45) is 0 Å². The van der Waals surface area contributed by atoms with E-state index in [1.54, 1.807) is 23.1 Å². The average Bonchev–Trinajstić information content (AvgIpc) is 2.60. The van der Waals surface area contributed by atoms with Gasteiger partial charge in [-0.3, -0.25) is 4.79 Å². The fourth-order valence-corrected chi connectivity index (χ4v) is 2.30. The van der Waals surface area contributed by atoms with Gasteiger partial charge in [0.15, 0.2) is 11.6 Å². The fraction of sp³-hybridized carbons (Fsp3) is 0.417. The standard InChI is InChI=1S/C12H14FNO2S/c1-16-10-4-2-3-8(12(10)13)6-14-7-9(17)5-11(14)15/h2-4,9,17H,5-7H2,1H3. The normalized spacial score (nSPS) is 19.8. The topological polar surface area (TPSA) is 29.5 Å². The largest absolute Gasteiger partial charge is 0.494 e. The molecule has 0 radical (unpaired) electrons. The number of methoxy groups -OCH3 is 1. The summed E-state index contributed by atoms with van der Waals surface area (Å²) in [4.78, 5) is 13.2. The van der Waals surface area contributed by atoms with Crippen molar-refractivity contribution in [2.45, 2.75) is 18.2 Å². The van der Waals surface area contributed by atoms with Crippen molar-refractivity contribution in [1.29, 1.82) is 0 Å². The first kappa shape index (κ1) is 12.2. The third kappa shape index (κ3) is 2.54. The Kier molecular flexibility index (Phi) is 3.57. The van der Waals surface area contributed by atoms with E-state index in [0.717, 1.165) is 0 Å². The summed E-state index contributed by atoms with van der Waals surface area (Å²) in [7, 11) is 1.42. The van der Waals surface area contributed by atoms with Gasteiger partial charge < -0.3 is 9.64 Å². The smallest absolute Gasteiger partial charge is 0.224 e. The second-order valence-corrected chi connectivity index (χ2v) is 4.80. The van der Waals surface area contributed by atoms with E-state index in [9.17, 15) is 9.18 Å². The van der Waals surface area contributed by atoms with E-state index in [1.807, 2.05) is 0 Å². The third-order valence-corrected chi connectivity index (χ3v) is 3.16. The lowest BCUT2D eigenvalue weighted by Gasteiger charge is -2.17. The zero-order chi connectivity index (χ0) is 12.4. The van der Waals surface area contributed by atoms with Crippen molar-refractivity contribution < 1.29 is 13.9 Å². The average molecular weight is 255 g/mol. The van der Waals surface area contributed by atoms with E-state index >= 15 is 0 Å². The maximum absolute atomic E-state index is 13.9. The predicted molar refractivity (Wildman–Crippen MR) is 65.8 cm³/mol. The first-order chi connectivity index (χ1) is 8.11. The summed E-state index contributed by atoms with van der Waals surface area (Å²) in [6.45, 7) is 0.845. The fourth-order valence-electron chi connectivity index (χ4n) is 1.95. The predicted octanol–water partition coefficient (Wildman–Crippen LogP) is 1.86. The molecule has 0 aliphatic carbocycles. The van der Waals surface area contributed by atoms with Crippen LogP contribution in [0, 0.1) is 5.82 Å². The lowest BCUT2D eigenvalue weighted by molar-refractivity contribution is -0.128. The Hall–Kier alpha value is -1.23. The summed E-state index contributed by atoms with van der Waals surface area (Å²) < 4.78 is 18.8. The molecule has 1 saturated heterocycles. The number of halogens is 1. The van der Waals surface area contributed by atoms with Crippen LogP contribution in [-0.2, 0) is 11.3 Å². The number of benzene rings is 1. The summed E-state index contributed by atoms with van der Waals surface area (Å²) in [5.41, 5.74) is 0.472. The molecule has 17 heavy (non-hydrogen) atoms. The van der Waals surface area contributed by atoms with Gasteiger partial charge in [-0.2, -0.15) is 12.6 Å². The Morgan fingerprint density at radius 2 is 2.35 bits per heavy atom. The van der Waals surface area contributed by atoms with Crippen LogP contribution < -0.4 is 4.74 Å². The second-order valence-electron chi connectivity index (χ2n) is 4.07. The molecule has 0 bridgehead atoms. The lowest BCUT2D eigenvalue weighted by atomic mass is 10.2. The molecule has 0 N–H and O–H groups in total. The molecule has 92 valence electrons. The van der Waals surface area contributed by atoms with Crippen LogP contribution in [0.3, 0.4) is 0 Å². The van der Waals surface area contributed by atoms with E-state index in [-0.39, 0.29) is 23.5 Å². The van der Waals surface area contributed by atoms with Gasteiger partial charge in [-0.25, -0.2) is 4.39 Å². The van der Waals surface area contributed by atoms with E-state index in [1.165, 1.54) is 7.11 Å². The molecule has 5 heteroatoms. The molecule has 0 spiro atoms. The van der Waals surface area contributed by atoms with Crippen LogP contribution in [0.5, 0.6) is 5.75 Å². The van der Waals surface area contributed by atoms with Gasteiger partial charge in [0.25, 0.3) is 0 Å². The Labute approximate surface area is 105 Å². The molecule has 0 saturated carbocycles. The van der Waals surface area contributed by atoms with Crippen LogP contribution in [0.2, 0.25) is 0 Å². The molecule has 1 aliphatic rings. The molecule has 1 aromatic carbocycles. The van der Waals surface area contributed by atoms with Crippen molar-refractivity contribution >= 4 is 18.5 Å². The molecular formula is C12H14FNO2S. The Morgan fingerprint density at radius 1 is 1.59 bits per heavy atom. The molecule has 1 amide bonds. The van der Waals surface area contributed by atoms with Gasteiger partial charge in [0, 0.05) is 30.3 Å². The SMILES string of the molecule is COc1cccc(CN2CC(S)CC2=O)c1F. The van der Waals surface area contributed by atoms with Gasteiger partial charge in [0.1, 0.15) is 0 Å². The highest BCUT2D eigenvalue weighted by Gasteiger charge is 2.27. The maximum atomic E-state index is 13.9. The number of thiol groups is 1. The quantitative estimate of drug-likeness (QED) is 0.835. The van der Waals surface area contributed by atoms with E-state index < -0.39 is 5.82 Å². The van der Waals surface area contributed by atoms with Crippen molar-refractivity contribution in [1.82, 2.24) is 4.90 Å². The number of hydrogen-bond acceptors (Lipinski definition) is 3. The number of ether oxygens (including phenoxy) is 1. The van der Waals surface area contributed by atoms with Crippen LogP contribution in [0.4, 0.5) is 4.39 Å². The number of nitrogens with zero attached hydrogens (tertiary/aromatic N) is 1. The highest BCUT2D eigenvalue weighted by atomic mass is 32.1. The van der Waals surface area contributed by atoms with Gasteiger partial charge >= 0.3 is 0 Å². The highest BCUT2D eigenvalue weighted by molar-refractivity contribution is 7.81. The minimum absolute atomic E-state index is 0.0206. The van der Waals surface area contributed by atoms with Crippen molar-refractivity contribution in [3.05, 3.63) is 29.6 Å². The molecule has 1 heterocycles. The van der Waals surface area contributed by atoms with Gasteiger partial charge in [-0.05, 0) is 6.07 Å². The van der Waals surface area contributed by atoms with Crippen LogP contribution in [0.15, 0.2) is 18.2 Å². The number of hydrogen-bond donors (Lipinski definition) is 1. The molecule has 1 aromatic rings.